The van der Waals surface area contributed by atoms with Gasteiger partial charge in [-0.1, -0.05) is 22.0 Å². The number of aryl methyl sites for hydroxylation is 1. The van der Waals surface area contributed by atoms with Gasteiger partial charge in [-0.3, -0.25) is 0 Å². The van der Waals surface area contributed by atoms with Crippen LogP contribution in [0, 0.1) is 6.92 Å². The minimum Gasteiger partial charge on any atom is -0.424 e. The maximum atomic E-state index is 5.97. The highest BCUT2D eigenvalue weighted by Gasteiger charge is 2.12. The molecule has 0 atom stereocenters. The molecule has 112 valence electrons. The quantitative estimate of drug-likeness (QED) is 0.787. The van der Waals surface area contributed by atoms with Crippen LogP contribution in [0.2, 0.25) is 5.28 Å². The summed E-state index contributed by atoms with van der Waals surface area (Å²) in [5, 5.41) is 0.120. The van der Waals surface area contributed by atoms with E-state index >= 15 is 0 Å². The van der Waals surface area contributed by atoms with Crippen molar-refractivity contribution in [3.05, 3.63) is 33.5 Å². The van der Waals surface area contributed by atoms with Crippen LogP contribution in [0.15, 0.2) is 22.7 Å². The highest BCUT2D eigenvalue weighted by atomic mass is 79.9. The molecule has 21 heavy (non-hydrogen) atoms. The first-order chi connectivity index (χ1) is 10.0. The summed E-state index contributed by atoms with van der Waals surface area (Å²) in [5.41, 5.74) is 0.985. The molecule has 0 unspecified atom stereocenters. The highest BCUT2D eigenvalue weighted by Crippen LogP contribution is 2.27. The van der Waals surface area contributed by atoms with Crippen LogP contribution < -0.4 is 9.64 Å². The van der Waals surface area contributed by atoms with E-state index in [1.165, 1.54) is 0 Å². The van der Waals surface area contributed by atoms with Gasteiger partial charge in [0.05, 0.1) is 0 Å². The van der Waals surface area contributed by atoms with Crippen molar-refractivity contribution in [2.75, 3.05) is 18.0 Å². The van der Waals surface area contributed by atoms with Gasteiger partial charge in [0.25, 0.3) is 0 Å². The van der Waals surface area contributed by atoms with E-state index in [0.29, 0.717) is 11.7 Å². The van der Waals surface area contributed by atoms with E-state index in [9.17, 15) is 0 Å². The van der Waals surface area contributed by atoms with E-state index < -0.39 is 0 Å². The molecular formula is C14H16BrClN4O. The summed E-state index contributed by atoms with van der Waals surface area (Å²) in [6, 6.07) is 5.96. The molecule has 0 fully saturated rings. The summed E-state index contributed by atoms with van der Waals surface area (Å²) >= 11 is 9.38. The Morgan fingerprint density at radius 2 is 1.90 bits per heavy atom. The maximum Gasteiger partial charge on any atom is 0.328 e. The Balaban J connectivity index is 2.34. The topological polar surface area (TPSA) is 51.1 Å². The first kappa shape index (κ1) is 16.0. The van der Waals surface area contributed by atoms with Crippen molar-refractivity contribution in [2.24, 2.45) is 0 Å². The van der Waals surface area contributed by atoms with Gasteiger partial charge in [-0.15, -0.1) is 0 Å². The lowest BCUT2D eigenvalue weighted by Crippen LogP contribution is -2.24. The molecular weight excluding hydrogens is 356 g/mol. The highest BCUT2D eigenvalue weighted by molar-refractivity contribution is 9.10. The average molecular weight is 372 g/mol. The van der Waals surface area contributed by atoms with Crippen molar-refractivity contribution in [3.8, 4) is 11.8 Å². The number of hydrogen-bond acceptors (Lipinski definition) is 5. The molecule has 0 N–H and O–H groups in total. The second-order valence-corrected chi connectivity index (χ2v) is 5.62. The molecule has 0 aliphatic heterocycles. The SMILES string of the molecule is CCN(CC)c1nc(Cl)nc(Oc2cc(Br)ccc2C)n1. The second-order valence-electron chi connectivity index (χ2n) is 4.37. The summed E-state index contributed by atoms with van der Waals surface area (Å²) in [6.45, 7) is 7.58. The van der Waals surface area contributed by atoms with Gasteiger partial charge in [0, 0.05) is 17.6 Å². The number of rotatable bonds is 5. The molecule has 2 rings (SSSR count). The number of aromatic nitrogens is 3. The second kappa shape index (κ2) is 7.04. The van der Waals surface area contributed by atoms with Crippen LogP contribution in [0.25, 0.3) is 0 Å². The Kier molecular flexibility index (Phi) is 5.36. The molecule has 0 spiro atoms. The maximum absolute atomic E-state index is 5.97. The lowest BCUT2D eigenvalue weighted by Gasteiger charge is -2.18. The van der Waals surface area contributed by atoms with Crippen LogP contribution >= 0.6 is 27.5 Å². The number of benzene rings is 1. The largest absolute Gasteiger partial charge is 0.424 e. The number of halogens is 2. The van der Waals surface area contributed by atoms with Gasteiger partial charge in [-0.25, -0.2) is 0 Å². The van der Waals surface area contributed by atoms with Gasteiger partial charge < -0.3 is 9.64 Å². The molecule has 0 saturated heterocycles. The molecule has 0 amide bonds. The van der Waals surface area contributed by atoms with Gasteiger partial charge in [-0.05, 0) is 50.1 Å². The molecule has 2 aromatic rings. The normalized spacial score (nSPS) is 10.5. The van der Waals surface area contributed by atoms with Crippen molar-refractivity contribution < 1.29 is 4.74 Å². The van der Waals surface area contributed by atoms with E-state index in [1.807, 2.05) is 43.9 Å². The number of hydrogen-bond donors (Lipinski definition) is 0. The van der Waals surface area contributed by atoms with Gasteiger partial charge in [-0.2, -0.15) is 15.0 Å². The fourth-order valence-electron chi connectivity index (χ4n) is 1.80. The van der Waals surface area contributed by atoms with Crippen LogP contribution in [0.1, 0.15) is 19.4 Å². The zero-order valence-electron chi connectivity index (χ0n) is 12.1. The first-order valence-corrected chi connectivity index (χ1v) is 7.81. The molecule has 7 heteroatoms. The molecule has 5 nitrogen and oxygen atoms in total. The zero-order chi connectivity index (χ0) is 15.4. The van der Waals surface area contributed by atoms with E-state index in [4.69, 9.17) is 16.3 Å². The third kappa shape index (κ3) is 4.04. The third-order valence-corrected chi connectivity index (χ3v) is 3.64. The molecule has 1 aromatic carbocycles. The van der Waals surface area contributed by atoms with Crippen molar-refractivity contribution in [1.29, 1.82) is 0 Å². The smallest absolute Gasteiger partial charge is 0.328 e. The Labute approximate surface area is 137 Å². The molecule has 0 aliphatic rings. The fourth-order valence-corrected chi connectivity index (χ4v) is 2.29. The summed E-state index contributed by atoms with van der Waals surface area (Å²) < 4.78 is 6.67. The number of anilines is 1. The lowest BCUT2D eigenvalue weighted by molar-refractivity contribution is 0.436. The molecule has 0 saturated carbocycles. The lowest BCUT2D eigenvalue weighted by atomic mass is 10.2. The predicted octanol–water partition coefficient (Wildman–Crippen LogP) is 4.23. The van der Waals surface area contributed by atoms with Crippen molar-refractivity contribution in [1.82, 2.24) is 15.0 Å². The Morgan fingerprint density at radius 1 is 1.19 bits per heavy atom. The van der Waals surface area contributed by atoms with Crippen molar-refractivity contribution in [2.45, 2.75) is 20.8 Å². The van der Waals surface area contributed by atoms with Crippen LogP contribution in [0.3, 0.4) is 0 Å². The standard InChI is InChI=1S/C14H16BrClN4O/c1-4-20(5-2)13-17-12(16)18-14(19-13)21-11-8-10(15)7-6-9(11)3/h6-8H,4-5H2,1-3H3. The molecule has 0 radical (unpaired) electrons. The number of nitrogens with zero attached hydrogens (tertiary/aromatic N) is 4. The average Bonchev–Trinajstić information content (AvgIpc) is 2.44. The predicted molar refractivity (Wildman–Crippen MR) is 87.4 cm³/mol. The third-order valence-electron chi connectivity index (χ3n) is 2.97. The van der Waals surface area contributed by atoms with Gasteiger partial charge >= 0.3 is 6.01 Å². The Bertz CT molecular complexity index is 634. The summed E-state index contributed by atoms with van der Waals surface area (Å²) in [4.78, 5) is 14.5. The fraction of sp³-hybridized carbons (Fsp3) is 0.357. The van der Waals surface area contributed by atoms with Gasteiger partial charge in [0.15, 0.2) is 0 Å². The molecule has 0 bridgehead atoms. The summed E-state index contributed by atoms with van der Waals surface area (Å²) in [7, 11) is 0. The van der Waals surface area contributed by atoms with Crippen molar-refractivity contribution in [3.63, 3.8) is 0 Å². The van der Waals surface area contributed by atoms with Gasteiger partial charge in [0.2, 0.25) is 11.2 Å². The van der Waals surface area contributed by atoms with E-state index in [0.717, 1.165) is 23.1 Å². The summed E-state index contributed by atoms with van der Waals surface area (Å²) in [5.74, 6) is 1.19. The van der Waals surface area contributed by atoms with Crippen LogP contribution in [0.4, 0.5) is 5.95 Å². The Morgan fingerprint density at radius 3 is 2.57 bits per heavy atom. The molecule has 0 aliphatic carbocycles. The van der Waals surface area contributed by atoms with Crippen LogP contribution in [-0.4, -0.2) is 28.0 Å². The van der Waals surface area contributed by atoms with Crippen molar-refractivity contribution >= 4 is 33.5 Å². The van der Waals surface area contributed by atoms with E-state index in [2.05, 4.69) is 30.9 Å². The summed E-state index contributed by atoms with van der Waals surface area (Å²) in [6.07, 6.45) is 0. The first-order valence-electron chi connectivity index (χ1n) is 6.64. The van der Waals surface area contributed by atoms with Crippen LogP contribution in [-0.2, 0) is 0 Å². The molecule has 1 aromatic heterocycles. The Hall–Kier alpha value is -1.40. The zero-order valence-corrected chi connectivity index (χ0v) is 14.4. The number of ether oxygens (including phenoxy) is 1. The minimum atomic E-state index is 0.120. The molecule has 1 heterocycles. The monoisotopic (exact) mass is 370 g/mol. The van der Waals surface area contributed by atoms with Crippen LogP contribution in [0.5, 0.6) is 11.8 Å². The van der Waals surface area contributed by atoms with E-state index in [-0.39, 0.29) is 11.3 Å². The van der Waals surface area contributed by atoms with Gasteiger partial charge in [0.1, 0.15) is 5.75 Å². The van der Waals surface area contributed by atoms with E-state index in [1.54, 1.807) is 0 Å². The minimum absolute atomic E-state index is 0.120.